The Hall–Kier alpha value is -3.58. The third-order valence-electron chi connectivity index (χ3n) is 9.18. The third kappa shape index (κ3) is 15.2. The number of aliphatic hydroxyl groups is 2. The molecule has 12 heteroatoms. The van der Waals surface area contributed by atoms with Gasteiger partial charge in [0, 0.05) is 38.9 Å². The summed E-state index contributed by atoms with van der Waals surface area (Å²) in [5, 5.41) is 27.4. The third-order valence-corrected chi connectivity index (χ3v) is 9.18. The molecule has 0 bridgehead atoms. The van der Waals surface area contributed by atoms with Crippen molar-refractivity contribution in [3.8, 4) is 24.7 Å². The highest BCUT2D eigenvalue weighted by atomic mass is 19.4. The first-order chi connectivity index (χ1) is 23.1. The maximum absolute atomic E-state index is 13.9. The smallest absolute Gasteiger partial charge is 0.390 e. The summed E-state index contributed by atoms with van der Waals surface area (Å²) in [6.07, 6.45) is 10.0. The first-order valence-electron chi connectivity index (χ1n) is 17.0. The molecule has 1 saturated carbocycles. The number of nitrogens with one attached hydrogen (secondary N) is 2. The number of likely N-dealkylation sites (N-methyl/N-ethyl adjacent to an activating group) is 2. The fraction of sp³-hybridized carbons (Fsp3) is 0.649. The Bertz CT molecular complexity index is 1260. The molecule has 1 fully saturated rings. The van der Waals surface area contributed by atoms with Crippen molar-refractivity contribution in [3.05, 3.63) is 35.9 Å². The largest absolute Gasteiger partial charge is 0.401 e. The highest BCUT2D eigenvalue weighted by Gasteiger charge is 2.36. The molecule has 0 aliphatic heterocycles. The van der Waals surface area contributed by atoms with E-state index in [9.17, 15) is 37.8 Å². The van der Waals surface area contributed by atoms with E-state index in [1.165, 1.54) is 19.0 Å². The van der Waals surface area contributed by atoms with Gasteiger partial charge in [-0.25, -0.2) is 0 Å². The van der Waals surface area contributed by atoms with Crippen molar-refractivity contribution in [1.29, 1.82) is 0 Å². The number of terminal acetylenes is 2. The summed E-state index contributed by atoms with van der Waals surface area (Å²) in [4.78, 5) is 43.3. The van der Waals surface area contributed by atoms with Gasteiger partial charge in [0.15, 0.2) is 0 Å². The van der Waals surface area contributed by atoms with Crippen molar-refractivity contribution in [1.82, 2.24) is 20.4 Å². The van der Waals surface area contributed by atoms with Crippen molar-refractivity contribution in [2.45, 2.75) is 102 Å². The minimum Gasteiger partial charge on any atom is -0.390 e. The number of halogens is 3. The molecule has 1 aromatic carbocycles. The molecule has 6 atom stereocenters. The Labute approximate surface area is 289 Å². The topological polar surface area (TPSA) is 122 Å². The Kier molecular flexibility index (Phi) is 17.7. The molecule has 0 spiro atoms. The van der Waals surface area contributed by atoms with E-state index < -0.39 is 66.6 Å². The number of nitrogens with zero attached hydrogens (tertiary/aromatic N) is 2. The summed E-state index contributed by atoms with van der Waals surface area (Å²) in [5.41, 5.74) is 0.769. The first kappa shape index (κ1) is 41.6. The van der Waals surface area contributed by atoms with Crippen LogP contribution < -0.4 is 10.6 Å². The normalized spacial score (nSPS) is 17.4. The molecular formula is C37H53F3N4O5. The van der Waals surface area contributed by atoms with E-state index in [2.05, 4.69) is 22.5 Å². The standard InChI is InChI=1S/C37H53F3N4O5/c1-6-8-19-31(45)34(47)30(23-28-17-13-10-14-18-28)41-36(49)33(26(3)7-2)42-35(48)29(22-27-15-11-9-12-16-27)24-32(46)44(5)21-20-43(4)25-37(38,39)40/h1-2,9,11-12,15-16,26,28-31,33-34,45,47H,8,10,13-14,17-25H2,3-5H3,(H,41,49)(H,42,48)/t26?,29-,30+,31+,33+,34-/m1/s1. The van der Waals surface area contributed by atoms with Gasteiger partial charge in [-0.05, 0) is 44.7 Å². The van der Waals surface area contributed by atoms with Gasteiger partial charge in [0.05, 0.1) is 24.6 Å². The van der Waals surface area contributed by atoms with Crippen LogP contribution in [0.2, 0.25) is 0 Å². The van der Waals surface area contributed by atoms with E-state index >= 15 is 0 Å². The molecule has 3 amide bonds. The minimum absolute atomic E-state index is 0.0160. The van der Waals surface area contributed by atoms with Crippen molar-refractivity contribution >= 4 is 17.7 Å². The van der Waals surface area contributed by atoms with E-state index in [0.29, 0.717) is 6.42 Å². The van der Waals surface area contributed by atoms with Crippen molar-refractivity contribution in [2.24, 2.45) is 17.8 Å². The number of carbonyl (C=O) groups is 3. The molecule has 4 N–H and O–H groups in total. The van der Waals surface area contributed by atoms with Gasteiger partial charge < -0.3 is 25.7 Å². The number of rotatable bonds is 19. The minimum atomic E-state index is -4.37. The number of aliphatic hydroxyl groups excluding tert-OH is 2. The molecule has 1 aromatic rings. The second kappa shape index (κ2) is 20.8. The van der Waals surface area contributed by atoms with Crippen molar-refractivity contribution in [2.75, 3.05) is 33.7 Å². The van der Waals surface area contributed by atoms with E-state index in [4.69, 9.17) is 12.8 Å². The number of hydrogen-bond donors (Lipinski definition) is 4. The van der Waals surface area contributed by atoms with Crippen LogP contribution in [0.1, 0.15) is 70.3 Å². The lowest BCUT2D eigenvalue weighted by molar-refractivity contribution is -0.144. The van der Waals surface area contributed by atoms with Crippen LogP contribution in [-0.2, 0) is 20.8 Å². The molecule has 1 aliphatic carbocycles. The molecule has 0 saturated heterocycles. The van der Waals surface area contributed by atoms with Crippen LogP contribution in [0.25, 0.3) is 0 Å². The highest BCUT2D eigenvalue weighted by Crippen LogP contribution is 2.29. The average Bonchev–Trinajstić information content (AvgIpc) is 3.07. The molecule has 1 unspecified atom stereocenters. The number of hydrogen-bond acceptors (Lipinski definition) is 6. The molecule has 1 aliphatic rings. The first-order valence-corrected chi connectivity index (χ1v) is 17.0. The fourth-order valence-electron chi connectivity index (χ4n) is 6.15. The van der Waals surface area contributed by atoms with Crippen LogP contribution in [0, 0.1) is 42.4 Å². The quantitative estimate of drug-likeness (QED) is 0.165. The molecule has 0 heterocycles. The molecule has 272 valence electrons. The molecular weight excluding hydrogens is 637 g/mol. The van der Waals surface area contributed by atoms with E-state index in [0.717, 1.165) is 42.6 Å². The molecule has 0 aromatic heterocycles. The fourth-order valence-corrected chi connectivity index (χ4v) is 6.15. The Morgan fingerprint density at radius 2 is 1.65 bits per heavy atom. The zero-order valence-corrected chi connectivity index (χ0v) is 28.9. The van der Waals surface area contributed by atoms with E-state index in [1.54, 1.807) is 31.2 Å². The lowest BCUT2D eigenvalue weighted by Crippen LogP contribution is -2.57. The van der Waals surface area contributed by atoms with Gasteiger partial charge in [-0.3, -0.25) is 19.3 Å². The lowest BCUT2D eigenvalue weighted by Gasteiger charge is -2.34. The van der Waals surface area contributed by atoms with Crippen molar-refractivity contribution < 1.29 is 37.8 Å². The van der Waals surface area contributed by atoms with Crippen LogP contribution in [-0.4, -0.2) is 102 Å². The van der Waals surface area contributed by atoms with Crippen LogP contribution in [0.5, 0.6) is 0 Å². The predicted molar refractivity (Wildman–Crippen MR) is 183 cm³/mol. The summed E-state index contributed by atoms with van der Waals surface area (Å²) >= 11 is 0. The number of carbonyl (C=O) groups excluding carboxylic acids is 3. The average molecular weight is 691 g/mol. The van der Waals surface area contributed by atoms with Crippen LogP contribution in [0.3, 0.4) is 0 Å². The second-order valence-corrected chi connectivity index (χ2v) is 13.4. The Morgan fingerprint density at radius 1 is 1.00 bits per heavy atom. The van der Waals surface area contributed by atoms with Gasteiger partial charge in [-0.15, -0.1) is 24.7 Å². The van der Waals surface area contributed by atoms with Crippen molar-refractivity contribution in [3.63, 3.8) is 0 Å². The van der Waals surface area contributed by atoms with Gasteiger partial charge in [-0.2, -0.15) is 13.2 Å². The summed E-state index contributed by atoms with van der Waals surface area (Å²) in [5.74, 6) is 1.81. The molecule has 0 radical (unpaired) electrons. The summed E-state index contributed by atoms with van der Waals surface area (Å²) in [6.45, 7) is 0.474. The van der Waals surface area contributed by atoms with Gasteiger partial charge >= 0.3 is 6.18 Å². The molecule has 9 nitrogen and oxygen atoms in total. The molecule has 2 rings (SSSR count). The molecule has 49 heavy (non-hydrogen) atoms. The summed E-state index contributed by atoms with van der Waals surface area (Å²) in [7, 11) is 2.78. The lowest BCUT2D eigenvalue weighted by atomic mass is 9.82. The Balaban J connectivity index is 2.25. The summed E-state index contributed by atoms with van der Waals surface area (Å²) < 4.78 is 38.3. The van der Waals surface area contributed by atoms with Gasteiger partial charge in [0.25, 0.3) is 0 Å². The highest BCUT2D eigenvalue weighted by molar-refractivity contribution is 5.91. The monoisotopic (exact) mass is 690 g/mol. The number of alkyl halides is 3. The van der Waals surface area contributed by atoms with Gasteiger partial charge in [-0.1, -0.05) is 62.4 Å². The summed E-state index contributed by atoms with van der Waals surface area (Å²) in [6, 6.07) is 6.96. The van der Waals surface area contributed by atoms with Crippen LogP contribution in [0.4, 0.5) is 13.2 Å². The zero-order chi connectivity index (χ0) is 36.6. The maximum Gasteiger partial charge on any atom is 0.401 e. The predicted octanol–water partition coefficient (Wildman–Crippen LogP) is 3.53. The van der Waals surface area contributed by atoms with E-state index in [1.807, 2.05) is 6.07 Å². The van der Waals surface area contributed by atoms with E-state index in [-0.39, 0.29) is 44.7 Å². The van der Waals surface area contributed by atoms with Crippen LogP contribution >= 0.6 is 0 Å². The Morgan fingerprint density at radius 3 is 2.24 bits per heavy atom. The SMILES string of the molecule is C#CCC[C@H](O)[C@H](O)[C@H](CC1CCCCC1)NC(=O)[C@@H](NC(=O)[C@@H](CC(=O)N(C)CCN(C)CC(F)(F)F)Cc1ccccc1)C(C)C#C. The van der Waals surface area contributed by atoms with Crippen LogP contribution in [0.15, 0.2) is 30.3 Å². The maximum atomic E-state index is 13.9. The number of benzene rings is 1. The van der Waals surface area contributed by atoms with Gasteiger partial charge in [0.1, 0.15) is 12.1 Å². The number of amides is 3. The van der Waals surface area contributed by atoms with Gasteiger partial charge in [0.2, 0.25) is 17.7 Å². The zero-order valence-electron chi connectivity index (χ0n) is 28.9. The second-order valence-electron chi connectivity index (χ2n) is 13.4.